The van der Waals surface area contributed by atoms with Crippen molar-refractivity contribution in [1.82, 2.24) is 19.5 Å². The van der Waals surface area contributed by atoms with E-state index in [2.05, 4.69) is 86.9 Å². The predicted molar refractivity (Wildman–Crippen MR) is 123 cm³/mol. The Kier molecular flexibility index (Phi) is 5.51. The van der Waals surface area contributed by atoms with E-state index in [4.69, 9.17) is 0 Å². The molecule has 3 aromatic rings. The van der Waals surface area contributed by atoms with Crippen molar-refractivity contribution in [3.05, 3.63) is 41.6 Å². The normalized spacial score (nSPS) is 13.1. The van der Waals surface area contributed by atoms with E-state index in [-0.39, 0.29) is 2.41 Å². The van der Waals surface area contributed by atoms with Crippen molar-refractivity contribution < 1.29 is 0 Å². The maximum Gasteiger partial charge on any atom is 0.144 e. The van der Waals surface area contributed by atoms with E-state index in [1.807, 2.05) is 13.1 Å². The number of rotatable bonds is 1. The van der Waals surface area contributed by atoms with E-state index in [9.17, 15) is 0 Å². The predicted octanol–water partition coefficient (Wildman–Crippen LogP) is 5.89. The fraction of sp³-hybridized carbons (Fsp3) is 0.235. The average molecular weight is 590 g/mol. The van der Waals surface area contributed by atoms with E-state index in [1.165, 1.54) is 16.8 Å². The molecule has 0 radical (unpaired) electrons. The van der Waals surface area contributed by atoms with Gasteiger partial charge in [-0.15, -0.1) is 0 Å². The number of hydrogen-bond donors (Lipinski definition) is 0. The van der Waals surface area contributed by atoms with Gasteiger partial charge in [-0.3, -0.25) is 0 Å². The van der Waals surface area contributed by atoms with Crippen molar-refractivity contribution in [2.75, 3.05) is 0 Å². The van der Waals surface area contributed by atoms with Crippen LogP contribution in [0.2, 0.25) is 0 Å². The van der Waals surface area contributed by atoms with Gasteiger partial charge in [-0.2, -0.15) is 0 Å². The lowest BCUT2D eigenvalue weighted by atomic mass is 10.0. The molecule has 1 aliphatic heterocycles. The van der Waals surface area contributed by atoms with Gasteiger partial charge in [0.2, 0.25) is 0 Å². The summed E-state index contributed by atoms with van der Waals surface area (Å²) in [4.78, 5) is 13.4. The molecule has 0 bridgehead atoms. The third-order valence-corrected chi connectivity index (χ3v) is 8.84. The summed E-state index contributed by atoms with van der Waals surface area (Å²) in [6, 6.07) is 4.36. The van der Waals surface area contributed by atoms with Gasteiger partial charge in [0.1, 0.15) is 17.7 Å². The molecule has 0 fully saturated rings. The van der Waals surface area contributed by atoms with Crippen molar-refractivity contribution in [3.8, 4) is 22.4 Å². The highest BCUT2D eigenvalue weighted by Crippen LogP contribution is 2.64. The first kappa shape index (κ1) is 18.0. The van der Waals surface area contributed by atoms with Crippen molar-refractivity contribution in [1.29, 1.82) is 0 Å². The summed E-state index contributed by atoms with van der Waals surface area (Å²) >= 11 is 6.50. The summed E-state index contributed by atoms with van der Waals surface area (Å²) < 4.78 is 2.18. The molecule has 25 heavy (non-hydrogen) atoms. The Hall–Kier alpha value is -0.430. The first-order valence-corrected chi connectivity index (χ1v) is 16.1. The highest BCUT2D eigenvalue weighted by Gasteiger charge is 2.19. The standard InChI is InChI=1S/C17H13I2N4PS/c1-11-14-8-16-15-9-20-13(4-6-25-24(18)19)7-12(15)3-2-5-23(16)17(14)22-10-21-11/h7-10H,2-3,5H2,1H3. The van der Waals surface area contributed by atoms with Gasteiger partial charge in [0, 0.05) is 23.7 Å². The third-order valence-electron chi connectivity index (χ3n) is 4.28. The maximum atomic E-state index is 4.59. The van der Waals surface area contributed by atoms with Crippen LogP contribution in [0.3, 0.4) is 0 Å². The van der Waals surface area contributed by atoms with Crippen molar-refractivity contribution in [3.63, 3.8) is 0 Å². The fourth-order valence-corrected chi connectivity index (χ4v) is 5.51. The Morgan fingerprint density at radius 2 is 2.12 bits per heavy atom. The van der Waals surface area contributed by atoms with E-state index >= 15 is 0 Å². The lowest BCUT2D eigenvalue weighted by Gasteiger charge is -2.07. The van der Waals surface area contributed by atoms with Crippen LogP contribution in [0.4, 0.5) is 0 Å². The minimum Gasteiger partial charge on any atom is -0.325 e. The van der Waals surface area contributed by atoms with E-state index < -0.39 is 0 Å². The monoisotopic (exact) mass is 590 g/mol. The van der Waals surface area contributed by atoms with Crippen LogP contribution in [0, 0.1) is 18.1 Å². The molecule has 0 atom stereocenters. The summed E-state index contributed by atoms with van der Waals surface area (Å²) in [7, 11) is 0. The highest BCUT2D eigenvalue weighted by molar-refractivity contribution is 14.3. The molecule has 0 N–H and O–H groups in total. The second kappa shape index (κ2) is 7.67. The Morgan fingerprint density at radius 3 is 2.96 bits per heavy atom. The number of aromatic nitrogens is 4. The summed E-state index contributed by atoms with van der Waals surface area (Å²) in [5, 5.41) is 4.29. The van der Waals surface area contributed by atoms with Crippen LogP contribution in [-0.4, -0.2) is 19.5 Å². The molecule has 0 spiro atoms. The summed E-state index contributed by atoms with van der Waals surface area (Å²) in [5.41, 5.74) is 6.61. The number of hydrogen-bond acceptors (Lipinski definition) is 4. The van der Waals surface area contributed by atoms with Crippen molar-refractivity contribution in [2.24, 2.45) is 0 Å². The summed E-state index contributed by atoms with van der Waals surface area (Å²) in [6.45, 7) is 3.00. The molecular formula is C17H13I2N4PS. The SMILES string of the molecule is Cc1ncnc2c1cc1n2CCCc2cc(C#CSP(I)I)ncc2-1. The van der Waals surface area contributed by atoms with Crippen molar-refractivity contribution in [2.45, 2.75) is 26.3 Å². The molecule has 3 aromatic heterocycles. The Labute approximate surface area is 177 Å². The Balaban J connectivity index is 1.81. The zero-order chi connectivity index (χ0) is 17.4. The zero-order valence-electron chi connectivity index (χ0n) is 13.3. The molecule has 0 unspecified atom stereocenters. The quantitative estimate of drug-likeness (QED) is 0.202. The van der Waals surface area contributed by atoms with Gasteiger partial charge in [-0.25, -0.2) is 15.0 Å². The molecule has 0 saturated carbocycles. The summed E-state index contributed by atoms with van der Waals surface area (Å²) in [6.07, 6.45) is 5.75. The van der Waals surface area contributed by atoms with Gasteiger partial charge in [0.25, 0.3) is 0 Å². The van der Waals surface area contributed by atoms with Gasteiger partial charge < -0.3 is 4.57 Å². The van der Waals surface area contributed by atoms with Crippen LogP contribution < -0.4 is 0 Å². The average Bonchev–Trinajstić information content (AvgIpc) is 2.86. The maximum absolute atomic E-state index is 4.59. The van der Waals surface area contributed by atoms with E-state index in [1.54, 1.807) is 17.7 Å². The van der Waals surface area contributed by atoms with Gasteiger partial charge in [0.15, 0.2) is 0 Å². The molecular weight excluding hydrogens is 577 g/mol. The second-order valence-corrected chi connectivity index (χ2v) is 23.4. The second-order valence-electron chi connectivity index (χ2n) is 5.73. The Morgan fingerprint density at radius 1 is 1.24 bits per heavy atom. The van der Waals surface area contributed by atoms with Crippen LogP contribution in [0.5, 0.6) is 0 Å². The lowest BCUT2D eigenvalue weighted by Crippen LogP contribution is -1.99. The molecule has 0 aliphatic carbocycles. The first-order valence-electron chi connectivity index (χ1n) is 7.73. The number of halogens is 2. The molecule has 126 valence electrons. The molecule has 4 heterocycles. The molecule has 4 rings (SSSR count). The lowest BCUT2D eigenvalue weighted by molar-refractivity contribution is 0.675. The van der Waals surface area contributed by atoms with Gasteiger partial charge in [-0.1, -0.05) is 0 Å². The topological polar surface area (TPSA) is 43.6 Å². The number of aryl methyl sites for hydroxylation is 3. The molecule has 4 nitrogen and oxygen atoms in total. The molecule has 1 aliphatic rings. The minimum absolute atomic E-state index is 0.121. The molecule has 0 aromatic carbocycles. The Bertz CT molecular complexity index is 1020. The van der Waals surface area contributed by atoms with E-state index in [0.29, 0.717) is 0 Å². The highest BCUT2D eigenvalue weighted by atomic mass is 127. The van der Waals surface area contributed by atoms with Crippen LogP contribution in [-0.2, 0) is 13.0 Å². The van der Waals surface area contributed by atoms with E-state index in [0.717, 1.165) is 41.8 Å². The van der Waals surface area contributed by atoms with Crippen molar-refractivity contribution >= 4 is 68.9 Å². The molecule has 0 amide bonds. The largest absolute Gasteiger partial charge is 0.325 e. The first-order chi connectivity index (χ1) is 12.1. The molecule has 0 saturated heterocycles. The van der Waals surface area contributed by atoms with Crippen LogP contribution in [0.1, 0.15) is 23.4 Å². The number of fused-ring (bicyclic) bond motifs is 5. The fourth-order valence-electron chi connectivity index (χ4n) is 3.17. The smallest absolute Gasteiger partial charge is 0.144 e. The van der Waals surface area contributed by atoms with Crippen LogP contribution in [0.15, 0.2) is 24.7 Å². The van der Waals surface area contributed by atoms with Crippen LogP contribution in [0.25, 0.3) is 22.3 Å². The molecule has 8 heteroatoms. The summed E-state index contributed by atoms with van der Waals surface area (Å²) in [5.74, 6) is 3.19. The van der Waals surface area contributed by atoms with Gasteiger partial charge in [-0.05, 0) is 104 Å². The number of nitrogens with zero attached hydrogens (tertiary/aromatic N) is 4. The minimum atomic E-state index is -0.121. The third kappa shape index (κ3) is 3.68. The van der Waals surface area contributed by atoms with Crippen LogP contribution >= 0.6 is 57.9 Å². The van der Waals surface area contributed by atoms with Gasteiger partial charge >= 0.3 is 0 Å². The zero-order valence-corrected chi connectivity index (χ0v) is 19.4. The number of pyridine rings is 1. The van der Waals surface area contributed by atoms with Gasteiger partial charge in [0.05, 0.1) is 13.8 Å².